The molecular weight excluding hydrogens is 408 g/mol. The standard InChI is InChI=1S/C18H16N2O2.C7H14.C4H10/c1-2-12-7-9-16(15-6-4-3-5-14(12)15)22-17-10-8-13(11-20-17)18(19)21;1-7-5-3-2-4-6-7;1-4(2)3/h3-11H,2H2,1H3,(H2,19,21);7H,2-6H2,1H3;4H,1-3H3. The predicted molar refractivity (Wildman–Crippen MR) is 139 cm³/mol. The number of carbonyl (C=O) groups excluding carboxylic acids is 1. The summed E-state index contributed by atoms with van der Waals surface area (Å²) in [6.45, 7) is 11.0. The average molecular weight is 449 g/mol. The molecule has 0 radical (unpaired) electrons. The largest absolute Gasteiger partial charge is 0.438 e. The van der Waals surface area contributed by atoms with E-state index in [1.165, 1.54) is 49.3 Å². The lowest BCUT2D eigenvalue weighted by Gasteiger charge is -2.15. The smallest absolute Gasteiger partial charge is 0.250 e. The lowest BCUT2D eigenvalue weighted by Crippen LogP contribution is -2.10. The molecule has 0 aliphatic heterocycles. The molecule has 0 atom stereocenters. The number of aryl methyl sites for hydroxylation is 1. The highest BCUT2D eigenvalue weighted by Gasteiger charge is 2.08. The molecule has 2 N–H and O–H groups in total. The van der Waals surface area contributed by atoms with Crippen molar-refractivity contribution in [3.8, 4) is 11.6 Å². The fourth-order valence-electron chi connectivity index (χ4n) is 3.74. The van der Waals surface area contributed by atoms with E-state index in [2.05, 4.69) is 51.7 Å². The van der Waals surface area contributed by atoms with Crippen LogP contribution in [0.3, 0.4) is 0 Å². The maximum Gasteiger partial charge on any atom is 0.250 e. The summed E-state index contributed by atoms with van der Waals surface area (Å²) in [6.07, 6.45) is 9.82. The molecule has 3 aromatic rings. The number of fused-ring (bicyclic) bond motifs is 1. The van der Waals surface area contributed by atoms with E-state index in [0.717, 1.165) is 29.4 Å². The average Bonchev–Trinajstić information content (AvgIpc) is 2.80. The molecule has 0 spiro atoms. The minimum Gasteiger partial charge on any atom is -0.438 e. The Morgan fingerprint density at radius 1 is 1.00 bits per heavy atom. The number of pyridine rings is 1. The topological polar surface area (TPSA) is 65.2 Å². The number of amides is 1. The summed E-state index contributed by atoms with van der Waals surface area (Å²) in [5, 5.41) is 2.22. The van der Waals surface area contributed by atoms with Crippen LogP contribution in [0.15, 0.2) is 54.7 Å². The molecule has 0 saturated heterocycles. The van der Waals surface area contributed by atoms with Crippen LogP contribution in [-0.4, -0.2) is 10.9 Å². The normalized spacial score (nSPS) is 13.5. The lowest BCUT2D eigenvalue weighted by atomic mass is 9.91. The summed E-state index contributed by atoms with van der Waals surface area (Å²) < 4.78 is 5.86. The van der Waals surface area contributed by atoms with Crippen molar-refractivity contribution in [2.45, 2.75) is 73.1 Å². The zero-order chi connectivity index (χ0) is 24.2. The van der Waals surface area contributed by atoms with Crippen molar-refractivity contribution < 1.29 is 9.53 Å². The third-order valence-corrected chi connectivity index (χ3v) is 5.48. The molecule has 33 heavy (non-hydrogen) atoms. The van der Waals surface area contributed by atoms with Crippen molar-refractivity contribution in [1.82, 2.24) is 4.98 Å². The van der Waals surface area contributed by atoms with Gasteiger partial charge in [-0.1, -0.05) is 97.1 Å². The Balaban J connectivity index is 0.000000290. The van der Waals surface area contributed by atoms with Crippen LogP contribution < -0.4 is 10.5 Å². The van der Waals surface area contributed by atoms with E-state index in [1.54, 1.807) is 12.1 Å². The number of benzene rings is 2. The van der Waals surface area contributed by atoms with Gasteiger partial charge >= 0.3 is 0 Å². The number of hydrogen-bond acceptors (Lipinski definition) is 3. The Labute approximate surface area is 199 Å². The van der Waals surface area contributed by atoms with E-state index in [-0.39, 0.29) is 0 Å². The van der Waals surface area contributed by atoms with E-state index in [4.69, 9.17) is 10.5 Å². The monoisotopic (exact) mass is 448 g/mol. The molecule has 1 aliphatic rings. The van der Waals surface area contributed by atoms with Crippen molar-refractivity contribution in [2.24, 2.45) is 17.6 Å². The van der Waals surface area contributed by atoms with Crippen LogP contribution >= 0.6 is 0 Å². The molecule has 4 heteroatoms. The van der Waals surface area contributed by atoms with Crippen molar-refractivity contribution in [3.05, 3.63) is 65.9 Å². The third-order valence-electron chi connectivity index (χ3n) is 5.48. The molecule has 1 amide bonds. The fourth-order valence-corrected chi connectivity index (χ4v) is 3.74. The Morgan fingerprint density at radius 2 is 1.64 bits per heavy atom. The van der Waals surface area contributed by atoms with E-state index >= 15 is 0 Å². The number of aromatic nitrogens is 1. The van der Waals surface area contributed by atoms with Crippen molar-refractivity contribution in [2.75, 3.05) is 0 Å². The highest BCUT2D eigenvalue weighted by molar-refractivity contribution is 5.92. The third kappa shape index (κ3) is 8.88. The molecule has 178 valence electrons. The first kappa shape index (κ1) is 26.4. The summed E-state index contributed by atoms with van der Waals surface area (Å²) in [6, 6.07) is 15.4. The highest BCUT2D eigenvalue weighted by atomic mass is 16.5. The van der Waals surface area contributed by atoms with Gasteiger partial charge in [-0.05, 0) is 41.3 Å². The molecule has 1 fully saturated rings. The molecule has 1 heterocycles. The first-order valence-electron chi connectivity index (χ1n) is 12.3. The second-order valence-electron chi connectivity index (χ2n) is 9.45. The Hall–Kier alpha value is -2.88. The van der Waals surface area contributed by atoms with Crippen LogP contribution in [0.5, 0.6) is 11.6 Å². The molecule has 2 aromatic carbocycles. The number of nitrogens with zero attached hydrogens (tertiary/aromatic N) is 1. The van der Waals surface area contributed by atoms with Gasteiger partial charge < -0.3 is 10.5 Å². The maximum absolute atomic E-state index is 11.1. The quantitative estimate of drug-likeness (QED) is 0.440. The molecule has 0 bridgehead atoms. The number of primary amides is 1. The van der Waals surface area contributed by atoms with Gasteiger partial charge in [-0.15, -0.1) is 0 Å². The Morgan fingerprint density at radius 3 is 2.12 bits per heavy atom. The zero-order valence-corrected chi connectivity index (χ0v) is 20.9. The second kappa shape index (κ2) is 13.6. The maximum atomic E-state index is 11.1. The predicted octanol–water partition coefficient (Wildman–Crippen LogP) is 7.94. The van der Waals surface area contributed by atoms with E-state index < -0.39 is 5.91 Å². The van der Waals surface area contributed by atoms with Gasteiger partial charge in [0.1, 0.15) is 5.75 Å². The van der Waals surface area contributed by atoms with Gasteiger partial charge in [0.25, 0.3) is 0 Å². The molecule has 0 unspecified atom stereocenters. The SMILES string of the molecule is CC(C)C.CC1CCCCC1.CCc1ccc(Oc2ccc(C(N)=O)cn2)c2ccccc12. The molecule has 1 saturated carbocycles. The van der Waals surface area contributed by atoms with Crippen molar-refractivity contribution in [1.29, 1.82) is 0 Å². The number of hydrogen-bond donors (Lipinski definition) is 1. The van der Waals surface area contributed by atoms with Crippen molar-refractivity contribution in [3.63, 3.8) is 0 Å². The van der Waals surface area contributed by atoms with E-state index in [9.17, 15) is 4.79 Å². The molecule has 4 rings (SSSR count). The molecular formula is C29H40N2O2. The van der Waals surface area contributed by atoms with Crippen molar-refractivity contribution >= 4 is 16.7 Å². The number of ether oxygens (including phenoxy) is 1. The van der Waals surface area contributed by atoms with Crippen LogP contribution in [0.1, 0.15) is 82.6 Å². The Bertz CT molecular complexity index is 987. The van der Waals surface area contributed by atoms with Gasteiger partial charge in [0.05, 0.1) is 5.56 Å². The number of nitrogens with two attached hydrogens (primary N) is 1. The van der Waals surface area contributed by atoms with Gasteiger partial charge in [-0.2, -0.15) is 0 Å². The first-order chi connectivity index (χ1) is 15.8. The summed E-state index contributed by atoms with van der Waals surface area (Å²) in [7, 11) is 0. The number of carbonyl (C=O) groups is 1. The molecule has 4 nitrogen and oxygen atoms in total. The molecule has 1 aliphatic carbocycles. The summed E-state index contributed by atoms with van der Waals surface area (Å²) in [4.78, 5) is 15.2. The lowest BCUT2D eigenvalue weighted by molar-refractivity contribution is 0.1000. The minimum atomic E-state index is -0.503. The molecule has 1 aromatic heterocycles. The second-order valence-corrected chi connectivity index (χ2v) is 9.45. The minimum absolute atomic E-state index is 0.360. The highest BCUT2D eigenvalue weighted by Crippen LogP contribution is 2.31. The first-order valence-corrected chi connectivity index (χ1v) is 12.3. The zero-order valence-electron chi connectivity index (χ0n) is 20.9. The Kier molecular flexibility index (Phi) is 10.9. The van der Waals surface area contributed by atoms with Gasteiger partial charge in [-0.3, -0.25) is 4.79 Å². The van der Waals surface area contributed by atoms with E-state index in [0.29, 0.717) is 11.4 Å². The van der Waals surface area contributed by atoms with Gasteiger partial charge in [0.2, 0.25) is 11.8 Å². The number of rotatable bonds is 4. The van der Waals surface area contributed by atoms with Gasteiger partial charge in [0.15, 0.2) is 0 Å². The summed E-state index contributed by atoms with van der Waals surface area (Å²) in [5.74, 6) is 2.54. The summed E-state index contributed by atoms with van der Waals surface area (Å²) in [5.41, 5.74) is 6.84. The van der Waals surface area contributed by atoms with Crippen LogP contribution in [-0.2, 0) is 6.42 Å². The van der Waals surface area contributed by atoms with Gasteiger partial charge in [0, 0.05) is 17.6 Å². The van der Waals surface area contributed by atoms with Crippen LogP contribution in [0, 0.1) is 11.8 Å². The van der Waals surface area contributed by atoms with Crippen LogP contribution in [0.4, 0.5) is 0 Å². The summed E-state index contributed by atoms with van der Waals surface area (Å²) >= 11 is 0. The van der Waals surface area contributed by atoms with Crippen LogP contribution in [0.25, 0.3) is 10.8 Å². The van der Waals surface area contributed by atoms with Gasteiger partial charge in [-0.25, -0.2) is 4.98 Å². The van der Waals surface area contributed by atoms with E-state index in [1.807, 2.05) is 24.3 Å². The van der Waals surface area contributed by atoms with Crippen LogP contribution in [0.2, 0.25) is 0 Å². The fraction of sp³-hybridized carbons (Fsp3) is 0.448.